The summed E-state index contributed by atoms with van der Waals surface area (Å²) >= 11 is 0. The van der Waals surface area contributed by atoms with Crippen LogP contribution in [0, 0.1) is 0 Å². The van der Waals surface area contributed by atoms with Crippen LogP contribution >= 0.6 is 0 Å². The van der Waals surface area contributed by atoms with E-state index in [2.05, 4.69) is 0 Å². The molecule has 0 saturated heterocycles. The van der Waals surface area contributed by atoms with E-state index < -0.39 is 0 Å². The highest BCUT2D eigenvalue weighted by molar-refractivity contribution is 5.94. The maximum Gasteiger partial charge on any atom is 0.247 e. The van der Waals surface area contributed by atoms with Gasteiger partial charge in [0.25, 0.3) is 0 Å². The van der Waals surface area contributed by atoms with Crippen LogP contribution in [0.1, 0.15) is 20.8 Å². The molecule has 0 aromatic carbocycles. The molecule has 0 aliphatic heterocycles. The van der Waals surface area contributed by atoms with Crippen molar-refractivity contribution in [2.45, 2.75) is 20.8 Å². The van der Waals surface area contributed by atoms with Gasteiger partial charge in [-0.2, -0.15) is 0 Å². The van der Waals surface area contributed by atoms with E-state index in [-0.39, 0.29) is 30.6 Å². The fourth-order valence-electron chi connectivity index (χ4n) is 0.997. The number of carbonyl (C=O) groups is 3. The lowest BCUT2D eigenvalue weighted by molar-refractivity contribution is -0.134. The van der Waals surface area contributed by atoms with Crippen molar-refractivity contribution in [2.24, 2.45) is 0 Å². The third-order valence-corrected chi connectivity index (χ3v) is 1.45. The number of hydrogen-bond acceptors (Lipinski definition) is 3. The Morgan fingerprint density at radius 3 is 1.79 bits per heavy atom. The smallest absolute Gasteiger partial charge is 0.247 e. The van der Waals surface area contributed by atoms with Crippen molar-refractivity contribution in [3.05, 3.63) is 12.2 Å². The summed E-state index contributed by atoms with van der Waals surface area (Å²) in [5, 5.41) is 0. The van der Waals surface area contributed by atoms with Crippen molar-refractivity contribution < 1.29 is 14.4 Å². The largest absolute Gasteiger partial charge is 0.325 e. The van der Waals surface area contributed by atoms with Gasteiger partial charge in [-0.05, 0) is 26.8 Å². The minimum atomic E-state index is -0.307. The zero-order valence-corrected chi connectivity index (χ0v) is 8.74. The van der Waals surface area contributed by atoms with Crippen LogP contribution in [-0.4, -0.2) is 35.5 Å². The highest BCUT2D eigenvalue weighted by Gasteiger charge is 2.13. The number of nitrogens with zero attached hydrogens (tertiary/aromatic N) is 1. The van der Waals surface area contributed by atoms with Gasteiger partial charge in [0.2, 0.25) is 5.91 Å². The molecule has 0 aromatic rings. The zero-order valence-electron chi connectivity index (χ0n) is 8.74. The second-order valence-electron chi connectivity index (χ2n) is 3.10. The van der Waals surface area contributed by atoms with Crippen LogP contribution in [0.5, 0.6) is 0 Å². The number of allylic oxidation sites excluding steroid dienone is 1. The summed E-state index contributed by atoms with van der Waals surface area (Å²) < 4.78 is 0. The Hall–Kier alpha value is -1.45. The van der Waals surface area contributed by atoms with E-state index in [1.807, 2.05) is 0 Å². The lowest BCUT2D eigenvalue weighted by Gasteiger charge is -2.17. The highest BCUT2D eigenvalue weighted by atomic mass is 16.2. The van der Waals surface area contributed by atoms with Gasteiger partial charge in [-0.15, -0.1) is 0 Å². The fraction of sp³-hybridized carbons (Fsp3) is 0.500. The molecule has 0 aliphatic rings. The Morgan fingerprint density at radius 1 is 1.07 bits per heavy atom. The zero-order chi connectivity index (χ0) is 11.1. The fourth-order valence-corrected chi connectivity index (χ4v) is 0.997. The van der Waals surface area contributed by atoms with Gasteiger partial charge in [0, 0.05) is 0 Å². The Bertz CT molecular complexity index is 253. The number of rotatable bonds is 5. The Morgan fingerprint density at radius 2 is 1.50 bits per heavy atom. The van der Waals surface area contributed by atoms with Crippen LogP contribution < -0.4 is 0 Å². The van der Waals surface area contributed by atoms with Crippen molar-refractivity contribution in [1.29, 1.82) is 0 Å². The molecule has 14 heavy (non-hydrogen) atoms. The van der Waals surface area contributed by atoms with E-state index in [1.54, 1.807) is 13.0 Å². The minimum absolute atomic E-state index is 0.0112. The Kier molecular flexibility index (Phi) is 5.44. The molecular weight excluding hydrogens is 182 g/mol. The number of ketones is 2. The molecule has 0 aliphatic carbocycles. The second-order valence-corrected chi connectivity index (χ2v) is 3.10. The first-order chi connectivity index (χ1) is 6.47. The lowest BCUT2D eigenvalue weighted by atomic mass is 10.3. The van der Waals surface area contributed by atoms with Gasteiger partial charge in [-0.3, -0.25) is 14.4 Å². The molecule has 1 amide bonds. The number of carbonyl (C=O) groups excluding carboxylic acids is 3. The molecule has 4 nitrogen and oxygen atoms in total. The molecule has 0 spiro atoms. The normalized spacial score (nSPS) is 10.2. The first-order valence-electron chi connectivity index (χ1n) is 4.37. The molecular formula is C10H15NO3. The summed E-state index contributed by atoms with van der Waals surface area (Å²) in [6.45, 7) is 4.45. The summed E-state index contributed by atoms with van der Waals surface area (Å²) in [4.78, 5) is 34.2. The van der Waals surface area contributed by atoms with Crippen LogP contribution in [0.15, 0.2) is 12.2 Å². The van der Waals surface area contributed by atoms with Gasteiger partial charge < -0.3 is 4.90 Å². The standard InChI is InChI=1S/C10H15NO3/c1-4-5-10(14)11(6-8(2)12)7-9(3)13/h4-5H,6-7H2,1-3H3. The summed E-state index contributed by atoms with van der Waals surface area (Å²) in [5.74, 6) is -0.578. The van der Waals surface area contributed by atoms with Crippen LogP contribution in [-0.2, 0) is 14.4 Å². The van der Waals surface area contributed by atoms with E-state index in [1.165, 1.54) is 24.8 Å². The third kappa shape index (κ3) is 5.24. The molecule has 0 atom stereocenters. The van der Waals surface area contributed by atoms with Crippen LogP contribution in [0.4, 0.5) is 0 Å². The van der Waals surface area contributed by atoms with E-state index in [4.69, 9.17) is 0 Å². The molecule has 0 heterocycles. The Balaban J connectivity index is 4.45. The van der Waals surface area contributed by atoms with E-state index in [9.17, 15) is 14.4 Å². The molecule has 0 saturated carbocycles. The van der Waals surface area contributed by atoms with Crippen molar-refractivity contribution in [2.75, 3.05) is 13.1 Å². The summed E-state index contributed by atoms with van der Waals surface area (Å²) in [7, 11) is 0. The monoisotopic (exact) mass is 197 g/mol. The first-order valence-corrected chi connectivity index (χ1v) is 4.37. The molecule has 78 valence electrons. The molecule has 0 N–H and O–H groups in total. The van der Waals surface area contributed by atoms with Gasteiger partial charge in [-0.1, -0.05) is 6.08 Å². The second kappa shape index (κ2) is 6.07. The predicted molar refractivity (Wildman–Crippen MR) is 52.8 cm³/mol. The first kappa shape index (κ1) is 12.6. The molecule has 0 fully saturated rings. The van der Waals surface area contributed by atoms with E-state index in [0.29, 0.717) is 0 Å². The van der Waals surface area contributed by atoms with Gasteiger partial charge >= 0.3 is 0 Å². The summed E-state index contributed by atoms with van der Waals surface area (Å²) in [6.07, 6.45) is 2.92. The minimum Gasteiger partial charge on any atom is -0.325 e. The van der Waals surface area contributed by atoms with E-state index in [0.717, 1.165) is 0 Å². The van der Waals surface area contributed by atoms with Crippen molar-refractivity contribution in [3.63, 3.8) is 0 Å². The van der Waals surface area contributed by atoms with Crippen molar-refractivity contribution in [3.8, 4) is 0 Å². The number of amides is 1. The molecule has 0 radical (unpaired) electrons. The van der Waals surface area contributed by atoms with Crippen molar-refractivity contribution in [1.82, 2.24) is 4.90 Å². The summed E-state index contributed by atoms with van der Waals surface area (Å²) in [5.41, 5.74) is 0. The predicted octanol–water partition coefficient (Wildman–Crippen LogP) is 0.569. The number of hydrogen-bond donors (Lipinski definition) is 0. The lowest BCUT2D eigenvalue weighted by Crippen LogP contribution is -2.37. The highest BCUT2D eigenvalue weighted by Crippen LogP contribution is 1.93. The van der Waals surface area contributed by atoms with Gasteiger partial charge in [0.1, 0.15) is 11.6 Å². The SMILES string of the molecule is CC=CC(=O)N(CC(C)=O)CC(C)=O. The maximum atomic E-state index is 11.3. The molecule has 0 bridgehead atoms. The quantitative estimate of drug-likeness (QED) is 0.605. The van der Waals surface area contributed by atoms with Crippen molar-refractivity contribution >= 4 is 17.5 Å². The average molecular weight is 197 g/mol. The summed E-state index contributed by atoms with van der Waals surface area (Å²) in [6, 6.07) is 0. The molecule has 4 heteroatoms. The Labute approximate surface area is 83.6 Å². The molecule has 0 aromatic heterocycles. The topological polar surface area (TPSA) is 54.5 Å². The molecule has 0 unspecified atom stereocenters. The number of Topliss-reactive ketones (excluding diaryl/α,β-unsaturated/α-hetero) is 2. The average Bonchev–Trinajstić information content (AvgIpc) is 2.01. The van der Waals surface area contributed by atoms with Gasteiger partial charge in [-0.25, -0.2) is 0 Å². The van der Waals surface area contributed by atoms with Gasteiger partial charge in [0.05, 0.1) is 13.1 Å². The maximum absolute atomic E-state index is 11.3. The van der Waals surface area contributed by atoms with Crippen LogP contribution in [0.25, 0.3) is 0 Å². The van der Waals surface area contributed by atoms with Crippen LogP contribution in [0.3, 0.4) is 0 Å². The van der Waals surface area contributed by atoms with E-state index >= 15 is 0 Å². The van der Waals surface area contributed by atoms with Crippen LogP contribution in [0.2, 0.25) is 0 Å². The van der Waals surface area contributed by atoms with Gasteiger partial charge in [0.15, 0.2) is 0 Å². The third-order valence-electron chi connectivity index (χ3n) is 1.45. The molecule has 0 rings (SSSR count).